The molecule has 2 heterocycles. The van der Waals surface area contributed by atoms with Crippen molar-refractivity contribution in [2.24, 2.45) is 10.7 Å². The van der Waals surface area contributed by atoms with Crippen LogP contribution in [-0.4, -0.2) is 28.2 Å². The van der Waals surface area contributed by atoms with Crippen LogP contribution in [0.4, 0.5) is 27.8 Å². The summed E-state index contributed by atoms with van der Waals surface area (Å²) in [5, 5.41) is 0. The third-order valence-electron chi connectivity index (χ3n) is 4.45. The van der Waals surface area contributed by atoms with Gasteiger partial charge in [0.15, 0.2) is 17.4 Å². The van der Waals surface area contributed by atoms with Gasteiger partial charge in [0.1, 0.15) is 22.7 Å². The number of ether oxygens (including phenoxy) is 1. The number of hydrogen-bond acceptors (Lipinski definition) is 7. The summed E-state index contributed by atoms with van der Waals surface area (Å²) in [6.45, 7) is 1.35. The fourth-order valence-corrected chi connectivity index (χ4v) is 3.03. The number of aliphatic imine (C=N–C) groups is 1. The van der Waals surface area contributed by atoms with Crippen LogP contribution in [-0.2, 0) is 16.7 Å². The normalized spacial score (nSPS) is 18.6. The van der Waals surface area contributed by atoms with E-state index in [1.165, 1.54) is 19.1 Å². The zero-order valence-corrected chi connectivity index (χ0v) is 16.0. The molecule has 31 heavy (non-hydrogen) atoms. The summed E-state index contributed by atoms with van der Waals surface area (Å²) in [7, 11) is 0. The average molecular weight is 441 g/mol. The molecule has 12 heteroatoms. The Morgan fingerprint density at radius 1 is 1.19 bits per heavy atom. The number of Topliss-reactive ketones (excluding diaryl/α,β-unsaturated/α-hetero) is 1. The van der Waals surface area contributed by atoms with E-state index in [-0.39, 0.29) is 23.2 Å². The van der Waals surface area contributed by atoms with Gasteiger partial charge in [-0.15, -0.1) is 0 Å². The van der Waals surface area contributed by atoms with Gasteiger partial charge >= 0.3 is 0 Å². The van der Waals surface area contributed by atoms with Crippen LogP contribution in [0.15, 0.2) is 41.2 Å². The molecule has 1 aromatic carbocycles. The number of hydrogen-bond donors (Lipinski definition) is 2. The maximum absolute atomic E-state index is 14.5. The zero-order valence-electron chi connectivity index (χ0n) is 16.0. The Morgan fingerprint density at radius 3 is 2.52 bits per heavy atom. The molecule has 0 bridgehead atoms. The molecule has 0 fully saturated rings. The number of amidine groups is 1. The third kappa shape index (κ3) is 4.62. The van der Waals surface area contributed by atoms with Crippen molar-refractivity contribution in [1.29, 1.82) is 0 Å². The number of nitrogens with zero attached hydrogens (tertiary/aromatic N) is 3. The topological polar surface area (TPSA) is 116 Å². The van der Waals surface area contributed by atoms with Crippen LogP contribution in [0.2, 0.25) is 0 Å². The molecule has 0 aliphatic carbocycles. The van der Waals surface area contributed by atoms with E-state index < -0.39 is 53.3 Å². The molecule has 0 radical (unpaired) electrons. The number of carbonyl (C=O) groups is 1. The van der Waals surface area contributed by atoms with Crippen molar-refractivity contribution in [3.8, 4) is 0 Å². The van der Waals surface area contributed by atoms with Gasteiger partial charge in [0.25, 0.3) is 18.9 Å². The summed E-state index contributed by atoms with van der Waals surface area (Å²) >= 11 is 0. The van der Waals surface area contributed by atoms with Crippen LogP contribution in [0.5, 0.6) is 0 Å². The summed E-state index contributed by atoms with van der Waals surface area (Å²) in [4.78, 5) is 23.5. The van der Waals surface area contributed by atoms with E-state index in [9.17, 15) is 26.7 Å². The highest BCUT2D eigenvalue weighted by Crippen LogP contribution is 2.35. The van der Waals surface area contributed by atoms with Gasteiger partial charge in [-0.2, -0.15) is 0 Å². The first kappa shape index (κ1) is 22.1. The van der Waals surface area contributed by atoms with Gasteiger partial charge in [0, 0.05) is 12.0 Å². The largest absolute Gasteiger partial charge is 0.425 e. The molecular formula is C19H16F5N5O2. The summed E-state index contributed by atoms with van der Waals surface area (Å²) in [6, 6.07) is 3.02. The maximum Gasteiger partial charge on any atom is 0.295 e. The second kappa shape index (κ2) is 8.28. The molecule has 0 amide bonds. The van der Waals surface area contributed by atoms with Crippen LogP contribution in [0, 0.1) is 5.82 Å². The van der Waals surface area contributed by atoms with Crippen molar-refractivity contribution in [2.45, 2.75) is 31.7 Å². The second-order valence-corrected chi connectivity index (χ2v) is 6.79. The number of aromatic nitrogens is 2. The molecule has 2 aromatic rings. The van der Waals surface area contributed by atoms with E-state index in [2.05, 4.69) is 19.7 Å². The summed E-state index contributed by atoms with van der Waals surface area (Å²) in [5.74, 6) is -2.68. The number of ketones is 1. The van der Waals surface area contributed by atoms with Gasteiger partial charge in [-0.25, -0.2) is 36.9 Å². The molecule has 1 aliphatic rings. The van der Waals surface area contributed by atoms with E-state index in [1.807, 2.05) is 0 Å². The van der Waals surface area contributed by atoms with Gasteiger partial charge in [-0.05, 0) is 30.7 Å². The number of anilines is 1. The van der Waals surface area contributed by atoms with Crippen molar-refractivity contribution in [2.75, 3.05) is 5.73 Å². The van der Waals surface area contributed by atoms with Gasteiger partial charge in [0.05, 0.1) is 6.20 Å². The van der Waals surface area contributed by atoms with Crippen LogP contribution in [0.25, 0.3) is 0 Å². The predicted octanol–water partition coefficient (Wildman–Crippen LogP) is 3.27. The molecular weight excluding hydrogens is 425 g/mol. The minimum atomic E-state index is -3.00. The Kier molecular flexibility index (Phi) is 5.91. The standard InChI is InChI=1S/C19H16F5N5O2/c1-19(6-13(16(23)24)31-18(26)29-19)9-4-8(2-3-10(9)20)5-12(30)14-17(25)28-11(7-27-14)15(21)22/h2-4,6-7,15-16H,5H2,1H3,(H2,25,28)(H2,26,29)/t19-/m0/s1. The molecule has 0 saturated heterocycles. The average Bonchev–Trinajstić information content (AvgIpc) is 2.68. The monoisotopic (exact) mass is 441 g/mol. The molecule has 3 rings (SSSR count). The lowest BCUT2D eigenvalue weighted by Gasteiger charge is -2.28. The van der Waals surface area contributed by atoms with E-state index >= 15 is 0 Å². The first-order valence-electron chi connectivity index (χ1n) is 8.77. The lowest BCUT2D eigenvalue weighted by Crippen LogP contribution is -2.32. The Morgan fingerprint density at radius 2 is 1.90 bits per heavy atom. The van der Waals surface area contributed by atoms with Crippen LogP contribution in [0.1, 0.15) is 40.7 Å². The maximum atomic E-state index is 14.5. The van der Waals surface area contributed by atoms with Crippen LogP contribution >= 0.6 is 0 Å². The first-order chi connectivity index (χ1) is 14.5. The number of nitrogen functional groups attached to an aromatic ring is 1. The van der Waals surface area contributed by atoms with Crippen molar-refractivity contribution >= 4 is 17.6 Å². The van der Waals surface area contributed by atoms with Gasteiger partial charge in [-0.1, -0.05) is 6.07 Å². The minimum absolute atomic E-state index is 0.130. The summed E-state index contributed by atoms with van der Waals surface area (Å²) < 4.78 is 70.7. The van der Waals surface area contributed by atoms with Crippen molar-refractivity contribution in [3.05, 3.63) is 64.6 Å². The Balaban J connectivity index is 1.93. The number of alkyl halides is 4. The lowest BCUT2D eigenvalue weighted by molar-refractivity contribution is 0.0987. The number of halogens is 5. The quantitative estimate of drug-likeness (QED) is 0.525. The molecule has 164 valence electrons. The summed E-state index contributed by atoms with van der Waals surface area (Å²) in [5.41, 5.74) is 8.54. The van der Waals surface area contributed by atoms with E-state index in [1.54, 1.807) is 0 Å². The van der Waals surface area contributed by atoms with E-state index in [0.717, 1.165) is 18.3 Å². The summed E-state index contributed by atoms with van der Waals surface area (Å²) in [6.07, 6.45) is -4.57. The highest BCUT2D eigenvalue weighted by Gasteiger charge is 2.35. The molecule has 0 spiro atoms. The molecule has 1 atom stereocenters. The first-order valence-corrected chi connectivity index (χ1v) is 8.77. The molecule has 0 unspecified atom stereocenters. The van der Waals surface area contributed by atoms with Crippen LogP contribution < -0.4 is 11.5 Å². The Labute approximate surface area is 172 Å². The van der Waals surface area contributed by atoms with E-state index in [0.29, 0.717) is 0 Å². The fraction of sp³-hybridized carbons (Fsp3) is 0.263. The molecule has 0 saturated carbocycles. The number of benzene rings is 1. The van der Waals surface area contributed by atoms with Crippen LogP contribution in [0.3, 0.4) is 0 Å². The lowest BCUT2D eigenvalue weighted by atomic mass is 9.88. The minimum Gasteiger partial charge on any atom is -0.425 e. The highest BCUT2D eigenvalue weighted by atomic mass is 19.3. The predicted molar refractivity (Wildman–Crippen MR) is 100.0 cm³/mol. The Bertz CT molecular complexity index is 1090. The SMILES string of the molecule is C[C@@]1(c2cc(CC(=O)c3ncc(C(F)F)nc3N)ccc2F)C=C(C(F)F)OC(N)=N1. The van der Waals surface area contributed by atoms with E-state index in [4.69, 9.17) is 11.5 Å². The molecule has 1 aliphatic heterocycles. The van der Waals surface area contributed by atoms with Gasteiger partial charge < -0.3 is 16.2 Å². The molecule has 7 nitrogen and oxygen atoms in total. The highest BCUT2D eigenvalue weighted by molar-refractivity contribution is 5.99. The van der Waals surface area contributed by atoms with Gasteiger partial charge in [0.2, 0.25) is 0 Å². The smallest absolute Gasteiger partial charge is 0.295 e. The molecule has 1 aromatic heterocycles. The zero-order chi connectivity index (χ0) is 22.9. The van der Waals surface area contributed by atoms with Gasteiger partial charge in [-0.3, -0.25) is 4.79 Å². The Hall–Kier alpha value is -3.57. The number of allylic oxidation sites excluding steroid dienone is 1. The van der Waals surface area contributed by atoms with Crippen molar-refractivity contribution in [1.82, 2.24) is 9.97 Å². The second-order valence-electron chi connectivity index (χ2n) is 6.79. The number of nitrogens with two attached hydrogens (primary N) is 2. The number of rotatable bonds is 6. The van der Waals surface area contributed by atoms with Crippen molar-refractivity contribution in [3.63, 3.8) is 0 Å². The third-order valence-corrected chi connectivity index (χ3v) is 4.45. The fourth-order valence-electron chi connectivity index (χ4n) is 3.03. The van der Waals surface area contributed by atoms with Crippen molar-refractivity contribution < 1.29 is 31.5 Å². The molecule has 4 N–H and O–H groups in total. The number of carbonyl (C=O) groups excluding carboxylic acids is 1.